The fraction of sp³-hybridized carbons (Fsp3) is 0.0500. The average Bonchev–Trinajstić information content (AvgIpc) is 2.61. The predicted molar refractivity (Wildman–Crippen MR) is 99.2 cm³/mol. The normalized spacial score (nSPS) is 10.2. The molecule has 0 fully saturated rings. The van der Waals surface area contributed by atoms with Crippen LogP contribution in [0.25, 0.3) is 11.1 Å². The van der Waals surface area contributed by atoms with Gasteiger partial charge in [0.25, 0.3) is 0 Å². The Labute approximate surface area is 146 Å². The molecule has 3 aromatic carbocycles. The van der Waals surface area contributed by atoms with E-state index in [0.717, 1.165) is 22.4 Å². The Morgan fingerprint density at radius 1 is 0.833 bits per heavy atom. The van der Waals surface area contributed by atoms with Gasteiger partial charge in [0.1, 0.15) is 0 Å². The topological polar surface area (TPSA) is 41.1 Å². The van der Waals surface area contributed by atoms with Gasteiger partial charge in [-0.2, -0.15) is 0 Å². The highest BCUT2D eigenvalue weighted by Crippen LogP contribution is 2.20. The second-order valence-corrected chi connectivity index (χ2v) is 5.82. The van der Waals surface area contributed by atoms with Crippen LogP contribution in [-0.4, -0.2) is 6.03 Å². The number of anilines is 1. The number of amides is 2. The number of urea groups is 1. The first-order valence-corrected chi connectivity index (χ1v) is 8.03. The fourth-order valence-corrected chi connectivity index (χ4v) is 2.59. The molecule has 4 heteroatoms. The van der Waals surface area contributed by atoms with Crippen LogP contribution < -0.4 is 10.6 Å². The molecule has 0 aliphatic rings. The van der Waals surface area contributed by atoms with Crippen molar-refractivity contribution in [1.82, 2.24) is 5.32 Å². The molecule has 0 aromatic heterocycles. The summed E-state index contributed by atoms with van der Waals surface area (Å²) in [6.45, 7) is 0.425. The van der Waals surface area contributed by atoms with Gasteiger partial charge in [-0.25, -0.2) is 4.79 Å². The predicted octanol–water partition coefficient (Wildman–Crippen LogP) is 5.33. The summed E-state index contributed by atoms with van der Waals surface area (Å²) < 4.78 is 0. The molecule has 0 saturated heterocycles. The van der Waals surface area contributed by atoms with Crippen molar-refractivity contribution >= 4 is 23.3 Å². The highest BCUT2D eigenvalue weighted by molar-refractivity contribution is 6.30. The SMILES string of the molecule is O=C(NCc1cccc(Cl)c1)Nc1ccc(-c2ccccc2)cc1. The number of hydrogen-bond acceptors (Lipinski definition) is 1. The molecule has 0 radical (unpaired) electrons. The van der Waals surface area contributed by atoms with Crippen LogP contribution in [0.3, 0.4) is 0 Å². The van der Waals surface area contributed by atoms with Gasteiger partial charge >= 0.3 is 6.03 Å². The molecule has 120 valence electrons. The van der Waals surface area contributed by atoms with Crippen molar-refractivity contribution in [2.24, 2.45) is 0 Å². The third-order valence-electron chi connectivity index (χ3n) is 3.59. The van der Waals surface area contributed by atoms with Gasteiger partial charge in [0.15, 0.2) is 0 Å². The van der Waals surface area contributed by atoms with Crippen molar-refractivity contribution in [3.63, 3.8) is 0 Å². The van der Waals surface area contributed by atoms with E-state index >= 15 is 0 Å². The van der Waals surface area contributed by atoms with E-state index in [4.69, 9.17) is 11.6 Å². The summed E-state index contributed by atoms with van der Waals surface area (Å²) in [5, 5.41) is 6.29. The van der Waals surface area contributed by atoms with Crippen LogP contribution in [0.2, 0.25) is 5.02 Å². The van der Waals surface area contributed by atoms with Crippen LogP contribution in [0.5, 0.6) is 0 Å². The number of nitrogens with one attached hydrogen (secondary N) is 2. The van der Waals surface area contributed by atoms with Crippen molar-refractivity contribution in [2.45, 2.75) is 6.54 Å². The maximum Gasteiger partial charge on any atom is 0.319 e. The van der Waals surface area contributed by atoms with Gasteiger partial charge in [0.2, 0.25) is 0 Å². The minimum absolute atomic E-state index is 0.248. The molecule has 0 aliphatic heterocycles. The Morgan fingerprint density at radius 3 is 2.25 bits per heavy atom. The summed E-state index contributed by atoms with van der Waals surface area (Å²) in [4.78, 5) is 12.0. The Kier molecular flexibility index (Phi) is 5.14. The van der Waals surface area contributed by atoms with Gasteiger partial charge in [-0.15, -0.1) is 0 Å². The third-order valence-corrected chi connectivity index (χ3v) is 3.83. The molecule has 2 amide bonds. The summed E-state index contributed by atoms with van der Waals surface area (Å²) in [5.74, 6) is 0. The van der Waals surface area contributed by atoms with Crippen LogP contribution in [-0.2, 0) is 6.54 Å². The van der Waals surface area contributed by atoms with Gasteiger partial charge in [-0.3, -0.25) is 0 Å². The van der Waals surface area contributed by atoms with E-state index < -0.39 is 0 Å². The molecule has 3 aromatic rings. The number of carbonyl (C=O) groups is 1. The fourth-order valence-electron chi connectivity index (χ4n) is 2.38. The summed E-state index contributed by atoms with van der Waals surface area (Å²) >= 11 is 5.93. The molecule has 24 heavy (non-hydrogen) atoms. The number of hydrogen-bond donors (Lipinski definition) is 2. The van der Waals surface area contributed by atoms with E-state index in [0.29, 0.717) is 11.6 Å². The zero-order chi connectivity index (χ0) is 16.8. The molecule has 3 rings (SSSR count). The highest BCUT2D eigenvalue weighted by Gasteiger charge is 2.03. The van der Waals surface area contributed by atoms with Crippen LogP contribution >= 0.6 is 11.6 Å². The molecule has 0 heterocycles. The van der Waals surface area contributed by atoms with Gasteiger partial charge in [-0.05, 0) is 41.0 Å². The average molecular weight is 337 g/mol. The zero-order valence-electron chi connectivity index (χ0n) is 13.0. The lowest BCUT2D eigenvalue weighted by atomic mass is 10.1. The van der Waals surface area contributed by atoms with Crippen LogP contribution in [0.1, 0.15) is 5.56 Å². The number of carbonyl (C=O) groups excluding carboxylic acids is 1. The Bertz CT molecular complexity index is 817. The Morgan fingerprint density at radius 2 is 1.54 bits per heavy atom. The molecule has 3 nitrogen and oxygen atoms in total. The van der Waals surface area contributed by atoms with Crippen molar-refractivity contribution in [1.29, 1.82) is 0 Å². The van der Waals surface area contributed by atoms with Crippen molar-refractivity contribution in [2.75, 3.05) is 5.32 Å². The summed E-state index contributed by atoms with van der Waals surface area (Å²) in [6, 6.07) is 25.0. The second-order valence-electron chi connectivity index (χ2n) is 5.38. The lowest BCUT2D eigenvalue weighted by molar-refractivity contribution is 0.251. The largest absolute Gasteiger partial charge is 0.334 e. The van der Waals surface area contributed by atoms with Gasteiger partial charge in [0.05, 0.1) is 0 Å². The lowest BCUT2D eigenvalue weighted by Crippen LogP contribution is -2.28. The monoisotopic (exact) mass is 336 g/mol. The first kappa shape index (κ1) is 16.1. The molecule has 0 aliphatic carbocycles. The second kappa shape index (κ2) is 7.66. The van der Waals surface area contributed by atoms with E-state index in [1.807, 2.05) is 60.7 Å². The van der Waals surface area contributed by atoms with Gasteiger partial charge in [0, 0.05) is 17.3 Å². The standard InChI is InChI=1S/C20H17ClN2O/c21-18-8-4-5-15(13-18)14-22-20(24)23-19-11-9-17(10-12-19)16-6-2-1-3-7-16/h1-13H,14H2,(H2,22,23,24). The minimum atomic E-state index is -0.248. The van der Waals surface area contributed by atoms with Crippen molar-refractivity contribution in [3.05, 3.63) is 89.4 Å². The Balaban J connectivity index is 1.57. The van der Waals surface area contributed by atoms with Crippen molar-refractivity contribution in [3.8, 4) is 11.1 Å². The maximum atomic E-state index is 12.0. The first-order valence-electron chi connectivity index (χ1n) is 7.65. The van der Waals surface area contributed by atoms with Crippen molar-refractivity contribution < 1.29 is 4.79 Å². The van der Waals surface area contributed by atoms with E-state index in [1.165, 1.54) is 0 Å². The molecular formula is C20H17ClN2O. The van der Waals surface area contributed by atoms with E-state index in [1.54, 1.807) is 6.07 Å². The minimum Gasteiger partial charge on any atom is -0.334 e. The molecule has 0 saturated carbocycles. The van der Waals surface area contributed by atoms with E-state index in [9.17, 15) is 4.79 Å². The summed E-state index contributed by atoms with van der Waals surface area (Å²) in [6.07, 6.45) is 0. The molecule has 0 spiro atoms. The zero-order valence-corrected chi connectivity index (χ0v) is 13.8. The molecule has 2 N–H and O–H groups in total. The van der Waals surface area contributed by atoms with Crippen LogP contribution in [0.15, 0.2) is 78.9 Å². The lowest BCUT2D eigenvalue weighted by Gasteiger charge is -2.09. The molecule has 0 bridgehead atoms. The molecule has 0 atom stereocenters. The number of rotatable bonds is 4. The first-order chi connectivity index (χ1) is 11.7. The Hall–Kier alpha value is -2.78. The molecular weight excluding hydrogens is 320 g/mol. The van der Waals surface area contributed by atoms with E-state index in [2.05, 4.69) is 22.8 Å². The van der Waals surface area contributed by atoms with E-state index in [-0.39, 0.29) is 6.03 Å². The summed E-state index contributed by atoms with van der Waals surface area (Å²) in [7, 11) is 0. The van der Waals surface area contributed by atoms with Crippen LogP contribution in [0.4, 0.5) is 10.5 Å². The quantitative estimate of drug-likeness (QED) is 0.664. The van der Waals surface area contributed by atoms with Gasteiger partial charge in [-0.1, -0.05) is 66.2 Å². The molecule has 0 unspecified atom stereocenters. The third kappa shape index (κ3) is 4.37. The van der Waals surface area contributed by atoms with Crippen LogP contribution in [0, 0.1) is 0 Å². The number of benzene rings is 3. The summed E-state index contributed by atoms with van der Waals surface area (Å²) in [5.41, 5.74) is 3.96. The van der Waals surface area contributed by atoms with Gasteiger partial charge < -0.3 is 10.6 Å². The smallest absolute Gasteiger partial charge is 0.319 e. The number of halogens is 1. The maximum absolute atomic E-state index is 12.0. The highest BCUT2D eigenvalue weighted by atomic mass is 35.5.